The molecule has 0 aromatic heterocycles. The Labute approximate surface area is 99.3 Å². The van der Waals surface area contributed by atoms with Crippen molar-refractivity contribution >= 4 is 0 Å². The molecule has 0 aliphatic heterocycles. The van der Waals surface area contributed by atoms with E-state index < -0.39 is 0 Å². The maximum absolute atomic E-state index is 3.35. The van der Waals surface area contributed by atoms with Gasteiger partial charge in [-0.15, -0.1) is 0 Å². The molecule has 1 aromatic rings. The third-order valence-corrected chi connectivity index (χ3v) is 3.95. The van der Waals surface area contributed by atoms with Crippen LogP contribution >= 0.6 is 0 Å². The summed E-state index contributed by atoms with van der Waals surface area (Å²) in [5.74, 6) is 2.47. The van der Waals surface area contributed by atoms with Gasteiger partial charge in [0, 0.05) is 0 Å². The summed E-state index contributed by atoms with van der Waals surface area (Å²) in [5, 5.41) is 3.35. The molecule has 3 atom stereocenters. The van der Waals surface area contributed by atoms with Gasteiger partial charge in [0.2, 0.25) is 0 Å². The van der Waals surface area contributed by atoms with Gasteiger partial charge in [-0.05, 0) is 49.8 Å². The monoisotopic (exact) mass is 217 g/mol. The molecule has 2 rings (SSSR count). The third-order valence-electron chi connectivity index (χ3n) is 3.95. The molecule has 88 valence electrons. The highest BCUT2D eigenvalue weighted by Gasteiger charge is 2.28. The second kappa shape index (κ2) is 5.49. The molecule has 1 saturated carbocycles. The van der Waals surface area contributed by atoms with Crippen LogP contribution in [0.3, 0.4) is 0 Å². The van der Waals surface area contributed by atoms with Gasteiger partial charge in [-0.2, -0.15) is 0 Å². The lowest BCUT2D eigenvalue weighted by Crippen LogP contribution is -2.29. The van der Waals surface area contributed by atoms with E-state index in [0.29, 0.717) is 0 Å². The highest BCUT2D eigenvalue weighted by molar-refractivity contribution is 5.21. The molecule has 1 nitrogen and oxygen atoms in total. The molecule has 1 aromatic carbocycles. The first-order valence-electron chi connectivity index (χ1n) is 6.50. The largest absolute Gasteiger partial charge is 0.319 e. The van der Waals surface area contributed by atoms with Crippen LogP contribution in [-0.4, -0.2) is 13.6 Å². The summed E-state index contributed by atoms with van der Waals surface area (Å²) in [5.41, 5.74) is 1.54. The Kier molecular flexibility index (Phi) is 4.00. The fourth-order valence-electron chi connectivity index (χ4n) is 3.06. The van der Waals surface area contributed by atoms with E-state index in [2.05, 4.69) is 49.6 Å². The second-order valence-corrected chi connectivity index (χ2v) is 5.25. The minimum Gasteiger partial charge on any atom is -0.319 e. The summed E-state index contributed by atoms with van der Waals surface area (Å²) in [4.78, 5) is 0. The summed E-state index contributed by atoms with van der Waals surface area (Å²) in [7, 11) is 2.07. The molecule has 0 heterocycles. The van der Waals surface area contributed by atoms with E-state index in [4.69, 9.17) is 0 Å². The Balaban J connectivity index is 2.14. The Hall–Kier alpha value is -0.820. The second-order valence-electron chi connectivity index (χ2n) is 5.25. The van der Waals surface area contributed by atoms with Crippen molar-refractivity contribution in [3.05, 3.63) is 35.9 Å². The zero-order valence-electron chi connectivity index (χ0n) is 10.4. The summed E-state index contributed by atoms with van der Waals surface area (Å²) in [6, 6.07) is 11.1. The standard InChI is InChI=1S/C15H23N/c1-12-8-9-14(11-16-2)15(10-12)13-6-4-3-5-7-13/h3-7,12,14-16H,8-11H2,1-2H3. The summed E-state index contributed by atoms with van der Waals surface area (Å²) in [6.45, 7) is 3.55. The van der Waals surface area contributed by atoms with Crippen LogP contribution in [0.5, 0.6) is 0 Å². The van der Waals surface area contributed by atoms with E-state index in [1.807, 2.05) is 0 Å². The minimum absolute atomic E-state index is 0.761. The SMILES string of the molecule is CNCC1CCC(C)CC1c1ccccc1. The fraction of sp³-hybridized carbons (Fsp3) is 0.600. The van der Waals surface area contributed by atoms with Gasteiger partial charge in [-0.1, -0.05) is 43.7 Å². The first-order chi connectivity index (χ1) is 7.81. The lowest BCUT2D eigenvalue weighted by molar-refractivity contribution is 0.245. The lowest BCUT2D eigenvalue weighted by atomic mass is 9.71. The Morgan fingerprint density at radius 2 is 1.94 bits per heavy atom. The van der Waals surface area contributed by atoms with Crippen molar-refractivity contribution in [2.24, 2.45) is 11.8 Å². The van der Waals surface area contributed by atoms with Crippen LogP contribution in [0.2, 0.25) is 0 Å². The van der Waals surface area contributed by atoms with Crippen molar-refractivity contribution in [3.8, 4) is 0 Å². The van der Waals surface area contributed by atoms with Crippen LogP contribution < -0.4 is 5.32 Å². The minimum atomic E-state index is 0.761. The molecule has 0 amide bonds. The number of hydrogen-bond donors (Lipinski definition) is 1. The number of hydrogen-bond acceptors (Lipinski definition) is 1. The average Bonchev–Trinajstić information content (AvgIpc) is 2.33. The summed E-state index contributed by atoms with van der Waals surface area (Å²) in [6.07, 6.45) is 4.13. The van der Waals surface area contributed by atoms with Crippen LogP contribution in [0.4, 0.5) is 0 Å². The van der Waals surface area contributed by atoms with Crippen molar-refractivity contribution in [2.45, 2.75) is 32.1 Å². The van der Waals surface area contributed by atoms with Gasteiger partial charge in [-0.3, -0.25) is 0 Å². The normalized spacial score (nSPS) is 30.2. The van der Waals surface area contributed by atoms with E-state index in [-0.39, 0.29) is 0 Å². The molecule has 3 unspecified atom stereocenters. The molecule has 1 aliphatic carbocycles. The predicted octanol–water partition coefficient (Wildman–Crippen LogP) is 3.43. The molecule has 1 N–H and O–H groups in total. The van der Waals surface area contributed by atoms with Gasteiger partial charge in [0.05, 0.1) is 0 Å². The number of rotatable bonds is 3. The van der Waals surface area contributed by atoms with Gasteiger partial charge in [-0.25, -0.2) is 0 Å². The maximum atomic E-state index is 3.35. The van der Waals surface area contributed by atoms with Crippen molar-refractivity contribution in [2.75, 3.05) is 13.6 Å². The quantitative estimate of drug-likeness (QED) is 0.818. The highest BCUT2D eigenvalue weighted by Crippen LogP contribution is 2.39. The van der Waals surface area contributed by atoms with Crippen LogP contribution in [0.1, 0.15) is 37.7 Å². The molecule has 0 saturated heterocycles. The number of benzene rings is 1. The van der Waals surface area contributed by atoms with E-state index in [1.165, 1.54) is 24.8 Å². The van der Waals surface area contributed by atoms with E-state index >= 15 is 0 Å². The van der Waals surface area contributed by atoms with Gasteiger partial charge in [0.25, 0.3) is 0 Å². The first-order valence-corrected chi connectivity index (χ1v) is 6.50. The molecule has 1 fully saturated rings. The zero-order valence-corrected chi connectivity index (χ0v) is 10.4. The Morgan fingerprint density at radius 1 is 1.19 bits per heavy atom. The topological polar surface area (TPSA) is 12.0 Å². The number of nitrogens with one attached hydrogen (secondary N) is 1. The highest BCUT2D eigenvalue weighted by atomic mass is 14.8. The van der Waals surface area contributed by atoms with Crippen LogP contribution in [-0.2, 0) is 0 Å². The molecular formula is C15H23N. The van der Waals surface area contributed by atoms with E-state index in [0.717, 1.165) is 24.3 Å². The Morgan fingerprint density at radius 3 is 2.62 bits per heavy atom. The molecule has 1 aliphatic rings. The van der Waals surface area contributed by atoms with E-state index in [1.54, 1.807) is 0 Å². The lowest BCUT2D eigenvalue weighted by Gasteiger charge is -2.35. The fourth-order valence-corrected chi connectivity index (χ4v) is 3.06. The van der Waals surface area contributed by atoms with Crippen LogP contribution in [0.25, 0.3) is 0 Å². The summed E-state index contributed by atoms with van der Waals surface area (Å²) >= 11 is 0. The molecule has 0 radical (unpaired) electrons. The van der Waals surface area contributed by atoms with Gasteiger partial charge in [0.1, 0.15) is 0 Å². The van der Waals surface area contributed by atoms with Crippen molar-refractivity contribution in [3.63, 3.8) is 0 Å². The smallest absolute Gasteiger partial charge is 0.00177 e. The van der Waals surface area contributed by atoms with Crippen LogP contribution in [0, 0.1) is 11.8 Å². The van der Waals surface area contributed by atoms with Crippen molar-refractivity contribution in [1.29, 1.82) is 0 Å². The summed E-state index contributed by atoms with van der Waals surface area (Å²) < 4.78 is 0. The molecule has 0 spiro atoms. The van der Waals surface area contributed by atoms with Crippen molar-refractivity contribution in [1.82, 2.24) is 5.32 Å². The maximum Gasteiger partial charge on any atom is -0.00177 e. The van der Waals surface area contributed by atoms with Crippen molar-refractivity contribution < 1.29 is 0 Å². The third kappa shape index (κ3) is 2.65. The van der Waals surface area contributed by atoms with Crippen LogP contribution in [0.15, 0.2) is 30.3 Å². The molecule has 1 heteroatoms. The molecule has 16 heavy (non-hydrogen) atoms. The zero-order chi connectivity index (χ0) is 11.4. The van der Waals surface area contributed by atoms with Gasteiger partial charge < -0.3 is 5.32 Å². The molecule has 0 bridgehead atoms. The van der Waals surface area contributed by atoms with E-state index in [9.17, 15) is 0 Å². The van der Waals surface area contributed by atoms with Gasteiger partial charge >= 0.3 is 0 Å². The predicted molar refractivity (Wildman–Crippen MR) is 69.6 cm³/mol. The Bertz CT molecular complexity index is 306. The average molecular weight is 217 g/mol. The first kappa shape index (κ1) is 11.7. The van der Waals surface area contributed by atoms with Gasteiger partial charge in [0.15, 0.2) is 0 Å². The molecular weight excluding hydrogens is 194 g/mol.